The van der Waals surface area contributed by atoms with Gasteiger partial charge in [0, 0.05) is 23.7 Å². The van der Waals surface area contributed by atoms with Crippen LogP contribution in [0.25, 0.3) is 0 Å². The van der Waals surface area contributed by atoms with Crippen molar-refractivity contribution in [3.8, 4) is 0 Å². The minimum absolute atomic E-state index is 0.0923. The van der Waals surface area contributed by atoms with Crippen molar-refractivity contribution in [2.75, 3.05) is 0 Å². The fourth-order valence-electron chi connectivity index (χ4n) is 7.15. The van der Waals surface area contributed by atoms with E-state index in [-0.39, 0.29) is 22.7 Å². The van der Waals surface area contributed by atoms with E-state index in [4.69, 9.17) is 9.47 Å². The molecule has 2 unspecified atom stereocenters. The largest absolute Gasteiger partial charge is 0.432 e. The second kappa shape index (κ2) is 4.42. The molecule has 5 fully saturated rings. The van der Waals surface area contributed by atoms with Gasteiger partial charge in [0.25, 0.3) is 0 Å². The maximum atomic E-state index is 12.5. The molecule has 8 atom stereocenters. The Hall–Kier alpha value is -0.940. The summed E-state index contributed by atoms with van der Waals surface area (Å²) in [5.74, 6) is 0.948. The van der Waals surface area contributed by atoms with Gasteiger partial charge in [0.15, 0.2) is 0 Å². The molecule has 2 aliphatic heterocycles. The monoisotopic (exact) mass is 334 g/mol. The molecule has 0 aromatic carbocycles. The number of carbonyl (C=O) groups excluding carboxylic acids is 2. The number of carbonyl (C=O) groups is 2. The SMILES string of the molecule is C[C@]12C[C@H](O)[C@H]3[C@@H](CCC45OC4OC(=O)CC[C@]35C)[C@@H]1CCC2=O. The molecule has 132 valence electrons. The number of rotatable bonds is 0. The maximum Gasteiger partial charge on any atom is 0.308 e. The minimum atomic E-state index is -0.501. The number of esters is 1. The Kier molecular flexibility index (Phi) is 2.82. The molecule has 0 aromatic rings. The van der Waals surface area contributed by atoms with Crippen LogP contribution in [0.15, 0.2) is 0 Å². The molecule has 0 amide bonds. The molecule has 5 rings (SSSR count). The number of aliphatic hydroxyl groups is 1. The van der Waals surface area contributed by atoms with Gasteiger partial charge < -0.3 is 14.6 Å². The third-order valence-corrected chi connectivity index (χ3v) is 8.44. The van der Waals surface area contributed by atoms with Crippen LogP contribution >= 0.6 is 0 Å². The molecule has 3 aliphatic carbocycles. The van der Waals surface area contributed by atoms with Gasteiger partial charge in [-0.25, -0.2) is 0 Å². The van der Waals surface area contributed by atoms with E-state index in [0.717, 1.165) is 19.3 Å². The summed E-state index contributed by atoms with van der Waals surface area (Å²) in [6.07, 6.45) is 4.17. The molecule has 2 heterocycles. The lowest BCUT2D eigenvalue weighted by molar-refractivity contribution is -0.167. The quantitative estimate of drug-likeness (QED) is 0.543. The summed E-state index contributed by atoms with van der Waals surface area (Å²) in [7, 11) is 0. The molecular weight excluding hydrogens is 308 g/mol. The van der Waals surface area contributed by atoms with E-state index in [2.05, 4.69) is 13.8 Å². The first-order valence-electron chi connectivity index (χ1n) is 9.40. The van der Waals surface area contributed by atoms with Crippen LogP contribution < -0.4 is 0 Å². The second-order valence-electron chi connectivity index (χ2n) is 9.23. The summed E-state index contributed by atoms with van der Waals surface area (Å²) in [5.41, 5.74) is -1.01. The van der Waals surface area contributed by atoms with Crippen LogP contribution in [0, 0.1) is 28.6 Å². The number of fused-ring (bicyclic) bond motifs is 4. The van der Waals surface area contributed by atoms with Gasteiger partial charge >= 0.3 is 5.97 Å². The number of ether oxygens (including phenoxy) is 2. The molecule has 5 aliphatic rings. The van der Waals surface area contributed by atoms with Gasteiger partial charge in [0.2, 0.25) is 6.29 Å². The Bertz CT molecular complexity index is 631. The Labute approximate surface area is 142 Å². The van der Waals surface area contributed by atoms with Gasteiger partial charge in [-0.15, -0.1) is 0 Å². The van der Waals surface area contributed by atoms with Crippen molar-refractivity contribution in [1.29, 1.82) is 0 Å². The first-order valence-corrected chi connectivity index (χ1v) is 9.40. The predicted molar refractivity (Wildman–Crippen MR) is 83.7 cm³/mol. The van der Waals surface area contributed by atoms with Crippen molar-refractivity contribution in [1.82, 2.24) is 0 Å². The molecule has 3 saturated carbocycles. The molecule has 5 nitrogen and oxygen atoms in total. The molecule has 0 bridgehead atoms. The molecule has 1 N–H and O–H groups in total. The van der Waals surface area contributed by atoms with Crippen molar-refractivity contribution < 1.29 is 24.2 Å². The number of Topliss-reactive ketones (excluding diaryl/α,β-unsaturated/α-hetero) is 1. The summed E-state index contributed by atoms with van der Waals surface area (Å²) in [6, 6.07) is 0. The highest BCUT2D eigenvalue weighted by Gasteiger charge is 2.77. The van der Waals surface area contributed by atoms with Crippen LogP contribution in [0.1, 0.15) is 58.8 Å². The van der Waals surface area contributed by atoms with Crippen molar-refractivity contribution >= 4 is 11.8 Å². The Morgan fingerprint density at radius 1 is 1.12 bits per heavy atom. The molecule has 0 aromatic heterocycles. The molecule has 24 heavy (non-hydrogen) atoms. The third-order valence-electron chi connectivity index (χ3n) is 8.44. The minimum Gasteiger partial charge on any atom is -0.432 e. The summed E-state index contributed by atoms with van der Waals surface area (Å²) in [5, 5.41) is 11.1. The zero-order valence-corrected chi connectivity index (χ0v) is 14.4. The van der Waals surface area contributed by atoms with Gasteiger partial charge in [0.05, 0.1) is 6.10 Å². The van der Waals surface area contributed by atoms with E-state index >= 15 is 0 Å². The summed E-state index contributed by atoms with van der Waals surface area (Å²) >= 11 is 0. The molecule has 5 heteroatoms. The molecular formula is C19H26O5. The Morgan fingerprint density at radius 2 is 1.92 bits per heavy atom. The van der Waals surface area contributed by atoms with Crippen molar-refractivity contribution in [3.05, 3.63) is 0 Å². The summed E-state index contributed by atoms with van der Waals surface area (Å²) in [4.78, 5) is 24.4. The number of hydrogen-bond donors (Lipinski definition) is 1. The van der Waals surface area contributed by atoms with E-state index < -0.39 is 18.0 Å². The van der Waals surface area contributed by atoms with Gasteiger partial charge in [-0.05, 0) is 49.9 Å². The van der Waals surface area contributed by atoms with E-state index in [1.165, 1.54) is 0 Å². The van der Waals surface area contributed by atoms with Crippen molar-refractivity contribution in [3.63, 3.8) is 0 Å². The lowest BCUT2D eigenvalue weighted by Gasteiger charge is -2.58. The van der Waals surface area contributed by atoms with Crippen molar-refractivity contribution in [2.24, 2.45) is 28.6 Å². The fraction of sp³-hybridized carbons (Fsp3) is 0.895. The highest BCUT2D eigenvalue weighted by atomic mass is 16.8. The van der Waals surface area contributed by atoms with Gasteiger partial charge in [0.1, 0.15) is 11.4 Å². The number of hydrogen-bond acceptors (Lipinski definition) is 5. The molecule has 2 saturated heterocycles. The van der Waals surface area contributed by atoms with E-state index in [1.807, 2.05) is 0 Å². The van der Waals surface area contributed by atoms with Crippen LogP contribution in [0.5, 0.6) is 0 Å². The maximum absolute atomic E-state index is 12.5. The first-order chi connectivity index (χ1) is 11.3. The van der Waals surface area contributed by atoms with E-state index in [9.17, 15) is 14.7 Å². The standard InChI is InChI=1S/C19H26O5/c1-17-9-12(20)15-10(11(17)3-4-13(17)21)5-8-19-16(24-19)23-14(22)6-7-18(15,19)2/h10-12,15-16,20H,3-9H2,1-2H3/t10-,11-,12-,15+,16?,17-,18+,19?/m0/s1. The average Bonchev–Trinajstić information content (AvgIpc) is 3.14. The highest BCUT2D eigenvalue weighted by Crippen LogP contribution is 2.70. The molecule has 1 spiro atoms. The summed E-state index contributed by atoms with van der Waals surface area (Å²) < 4.78 is 11.4. The molecule has 0 radical (unpaired) electrons. The van der Waals surface area contributed by atoms with Gasteiger partial charge in [-0.2, -0.15) is 0 Å². The topological polar surface area (TPSA) is 76.1 Å². The van der Waals surface area contributed by atoms with Gasteiger partial charge in [-0.3, -0.25) is 9.59 Å². The zero-order chi connectivity index (χ0) is 16.9. The van der Waals surface area contributed by atoms with E-state index in [0.29, 0.717) is 43.3 Å². The average molecular weight is 334 g/mol. The Balaban J connectivity index is 1.56. The van der Waals surface area contributed by atoms with Crippen LogP contribution in [0.4, 0.5) is 0 Å². The van der Waals surface area contributed by atoms with Gasteiger partial charge in [-0.1, -0.05) is 13.8 Å². The van der Waals surface area contributed by atoms with Crippen molar-refractivity contribution in [2.45, 2.75) is 76.8 Å². The smallest absolute Gasteiger partial charge is 0.308 e. The summed E-state index contributed by atoms with van der Waals surface area (Å²) in [6.45, 7) is 4.25. The van der Waals surface area contributed by atoms with Crippen LogP contribution in [0.2, 0.25) is 0 Å². The number of epoxide rings is 1. The highest BCUT2D eigenvalue weighted by molar-refractivity contribution is 5.87. The Morgan fingerprint density at radius 3 is 2.71 bits per heavy atom. The second-order valence-corrected chi connectivity index (χ2v) is 9.23. The lowest BCUT2D eigenvalue weighted by atomic mass is 9.46. The van der Waals surface area contributed by atoms with Crippen LogP contribution in [0.3, 0.4) is 0 Å². The third kappa shape index (κ3) is 1.59. The zero-order valence-electron chi connectivity index (χ0n) is 14.4. The van der Waals surface area contributed by atoms with Crippen LogP contribution in [-0.2, 0) is 19.1 Å². The number of aliphatic hydroxyl groups excluding tert-OH is 1. The number of ketones is 1. The van der Waals surface area contributed by atoms with E-state index in [1.54, 1.807) is 0 Å². The fourth-order valence-corrected chi connectivity index (χ4v) is 7.15. The first kappa shape index (κ1) is 15.3. The lowest BCUT2D eigenvalue weighted by Crippen LogP contribution is -2.60. The predicted octanol–water partition coefficient (Wildman–Crippen LogP) is 2.20. The van der Waals surface area contributed by atoms with Crippen LogP contribution in [-0.4, -0.2) is 34.9 Å². The normalized spacial score (nSPS) is 58.7.